The Labute approximate surface area is 172 Å². The van der Waals surface area contributed by atoms with E-state index in [-0.39, 0.29) is 5.75 Å². The molecule has 3 N–H and O–H groups in total. The Balaban J connectivity index is 1.40. The summed E-state index contributed by atoms with van der Waals surface area (Å²) >= 11 is 1.66. The first-order valence-electron chi connectivity index (χ1n) is 9.87. The molecule has 0 amide bonds. The lowest BCUT2D eigenvalue weighted by Crippen LogP contribution is -2.23. The molecule has 0 spiro atoms. The summed E-state index contributed by atoms with van der Waals surface area (Å²) < 4.78 is 2.79. The highest BCUT2D eigenvalue weighted by Gasteiger charge is 2.17. The summed E-state index contributed by atoms with van der Waals surface area (Å²) in [6.07, 6.45) is 9.83. The van der Waals surface area contributed by atoms with Crippen molar-refractivity contribution >= 4 is 39.0 Å². The number of hydrogen-bond acceptors (Lipinski definition) is 7. The van der Waals surface area contributed by atoms with Gasteiger partial charge in [-0.15, -0.1) is 11.3 Å². The fraction of sp³-hybridized carbons (Fsp3) is 0.286. The van der Waals surface area contributed by atoms with E-state index in [2.05, 4.69) is 26.1 Å². The standard InChI is InChI=1S/C21H22N6OS/c28-17-8-4-7-16(11-17)27-13-15(12-22-27)24-21-25-18-9-10-29-19(18)20(26-21)23-14-5-2-1-3-6-14/h4,7-14,28H,1-3,5-6H2,(H2,23,24,25,26). The van der Waals surface area contributed by atoms with Gasteiger partial charge in [-0.25, -0.2) is 9.67 Å². The molecule has 3 heterocycles. The van der Waals surface area contributed by atoms with Crippen molar-refractivity contribution in [3.63, 3.8) is 0 Å². The molecule has 148 valence electrons. The molecule has 1 aliphatic carbocycles. The van der Waals surface area contributed by atoms with E-state index in [1.165, 1.54) is 32.1 Å². The molecule has 0 saturated heterocycles. The molecule has 1 saturated carbocycles. The Kier molecular flexibility index (Phi) is 4.77. The molecule has 0 radical (unpaired) electrons. The van der Waals surface area contributed by atoms with Crippen molar-refractivity contribution in [2.24, 2.45) is 0 Å². The van der Waals surface area contributed by atoms with E-state index in [1.807, 2.05) is 18.3 Å². The zero-order chi connectivity index (χ0) is 19.6. The molecule has 3 aromatic heterocycles. The number of fused-ring (bicyclic) bond motifs is 1. The monoisotopic (exact) mass is 406 g/mol. The fourth-order valence-corrected chi connectivity index (χ4v) is 4.53. The molecule has 8 heteroatoms. The topological polar surface area (TPSA) is 87.9 Å². The normalized spacial score (nSPS) is 14.9. The maximum atomic E-state index is 9.68. The molecule has 5 rings (SSSR count). The molecule has 4 aromatic rings. The number of rotatable bonds is 5. The van der Waals surface area contributed by atoms with Gasteiger partial charge in [0.05, 0.1) is 34.0 Å². The third kappa shape index (κ3) is 3.88. The summed E-state index contributed by atoms with van der Waals surface area (Å²) in [5, 5.41) is 23.0. The molecule has 0 unspecified atom stereocenters. The van der Waals surface area contributed by atoms with Gasteiger partial charge in [-0.1, -0.05) is 25.3 Å². The lowest BCUT2D eigenvalue weighted by atomic mass is 9.95. The van der Waals surface area contributed by atoms with E-state index in [9.17, 15) is 5.11 Å². The van der Waals surface area contributed by atoms with Crippen molar-refractivity contribution in [3.05, 3.63) is 48.1 Å². The highest BCUT2D eigenvalue weighted by molar-refractivity contribution is 7.17. The molecule has 0 bridgehead atoms. The summed E-state index contributed by atoms with van der Waals surface area (Å²) in [4.78, 5) is 9.41. The quantitative estimate of drug-likeness (QED) is 0.429. The Morgan fingerprint density at radius 2 is 2.00 bits per heavy atom. The molecular weight excluding hydrogens is 384 g/mol. The van der Waals surface area contributed by atoms with Crippen LogP contribution in [0.25, 0.3) is 15.9 Å². The lowest BCUT2D eigenvalue weighted by molar-refractivity contribution is 0.462. The van der Waals surface area contributed by atoms with E-state index < -0.39 is 0 Å². The van der Waals surface area contributed by atoms with Crippen molar-refractivity contribution in [2.45, 2.75) is 38.1 Å². The number of benzene rings is 1. The van der Waals surface area contributed by atoms with E-state index in [1.54, 1.807) is 40.4 Å². The first-order chi connectivity index (χ1) is 14.2. The number of aromatic hydroxyl groups is 1. The van der Waals surface area contributed by atoms with Gasteiger partial charge in [0.2, 0.25) is 5.95 Å². The lowest BCUT2D eigenvalue weighted by Gasteiger charge is -2.23. The van der Waals surface area contributed by atoms with Gasteiger partial charge in [-0.05, 0) is 36.4 Å². The van der Waals surface area contributed by atoms with Gasteiger partial charge in [0, 0.05) is 12.1 Å². The maximum Gasteiger partial charge on any atom is 0.229 e. The zero-order valence-corrected chi connectivity index (χ0v) is 16.7. The summed E-state index contributed by atoms with van der Waals surface area (Å²) in [6.45, 7) is 0. The largest absolute Gasteiger partial charge is 0.508 e. The van der Waals surface area contributed by atoms with Crippen LogP contribution in [-0.4, -0.2) is 30.9 Å². The van der Waals surface area contributed by atoms with Crippen LogP contribution in [-0.2, 0) is 0 Å². The van der Waals surface area contributed by atoms with Gasteiger partial charge < -0.3 is 15.7 Å². The predicted molar refractivity (Wildman–Crippen MR) is 116 cm³/mol. The second-order valence-electron chi connectivity index (χ2n) is 7.33. The molecule has 1 fully saturated rings. The van der Waals surface area contributed by atoms with Crippen molar-refractivity contribution in [1.82, 2.24) is 19.7 Å². The van der Waals surface area contributed by atoms with E-state index in [4.69, 9.17) is 4.98 Å². The first kappa shape index (κ1) is 17.9. The third-order valence-electron chi connectivity index (χ3n) is 5.18. The number of thiophene rings is 1. The minimum absolute atomic E-state index is 0.206. The van der Waals surface area contributed by atoms with Crippen LogP contribution >= 0.6 is 11.3 Å². The van der Waals surface area contributed by atoms with Crippen molar-refractivity contribution in [3.8, 4) is 11.4 Å². The molecule has 7 nitrogen and oxygen atoms in total. The molecule has 1 aliphatic rings. The average Bonchev–Trinajstić information content (AvgIpc) is 3.39. The minimum Gasteiger partial charge on any atom is -0.508 e. The highest BCUT2D eigenvalue weighted by atomic mass is 32.1. The summed E-state index contributed by atoms with van der Waals surface area (Å²) in [6, 6.07) is 9.47. The highest BCUT2D eigenvalue weighted by Crippen LogP contribution is 2.31. The smallest absolute Gasteiger partial charge is 0.229 e. The Hall–Kier alpha value is -3.13. The second kappa shape index (κ2) is 7.71. The van der Waals surface area contributed by atoms with Crippen molar-refractivity contribution < 1.29 is 5.11 Å². The van der Waals surface area contributed by atoms with Crippen LogP contribution in [0.15, 0.2) is 48.1 Å². The number of nitrogens with one attached hydrogen (secondary N) is 2. The Morgan fingerprint density at radius 1 is 1.10 bits per heavy atom. The maximum absolute atomic E-state index is 9.68. The molecule has 29 heavy (non-hydrogen) atoms. The number of hydrogen-bond donors (Lipinski definition) is 3. The van der Waals surface area contributed by atoms with Crippen LogP contribution < -0.4 is 10.6 Å². The summed E-state index contributed by atoms with van der Waals surface area (Å²) in [5.74, 6) is 1.65. The molecule has 0 aliphatic heterocycles. The van der Waals surface area contributed by atoms with Gasteiger partial charge in [0.15, 0.2) is 0 Å². The fourth-order valence-electron chi connectivity index (χ4n) is 3.75. The molecular formula is C21H22N6OS. The zero-order valence-electron chi connectivity index (χ0n) is 15.9. The SMILES string of the molecule is Oc1cccc(-n2cc(Nc3nc(NC4CCCCC4)c4sccc4n3)cn2)c1. The van der Waals surface area contributed by atoms with Crippen LogP contribution in [0.1, 0.15) is 32.1 Å². The van der Waals surface area contributed by atoms with Gasteiger partial charge in [0.25, 0.3) is 0 Å². The van der Waals surface area contributed by atoms with Gasteiger partial charge in [-0.2, -0.15) is 10.1 Å². The van der Waals surface area contributed by atoms with Crippen molar-refractivity contribution in [1.29, 1.82) is 0 Å². The predicted octanol–water partition coefficient (Wildman–Crippen LogP) is 5.07. The second-order valence-corrected chi connectivity index (χ2v) is 8.24. The van der Waals surface area contributed by atoms with Crippen molar-refractivity contribution in [2.75, 3.05) is 10.6 Å². The Bertz CT molecular complexity index is 1130. The Morgan fingerprint density at radius 3 is 2.86 bits per heavy atom. The van der Waals surface area contributed by atoms with Gasteiger partial charge in [0.1, 0.15) is 11.6 Å². The number of anilines is 3. The van der Waals surface area contributed by atoms with Crippen LogP contribution in [0.3, 0.4) is 0 Å². The van der Waals surface area contributed by atoms with Gasteiger partial charge in [-0.3, -0.25) is 0 Å². The minimum atomic E-state index is 0.206. The number of aromatic nitrogens is 4. The molecule has 0 atom stereocenters. The summed E-state index contributed by atoms with van der Waals surface area (Å²) in [7, 11) is 0. The van der Waals surface area contributed by atoms with Crippen LogP contribution in [0.5, 0.6) is 5.75 Å². The summed E-state index contributed by atoms with van der Waals surface area (Å²) in [5.41, 5.74) is 2.50. The van der Waals surface area contributed by atoms with Crippen LogP contribution in [0.4, 0.5) is 17.5 Å². The van der Waals surface area contributed by atoms with Crippen LogP contribution in [0.2, 0.25) is 0 Å². The van der Waals surface area contributed by atoms with E-state index in [0.29, 0.717) is 12.0 Å². The molecule has 1 aromatic carbocycles. The number of nitrogens with zero attached hydrogens (tertiary/aromatic N) is 4. The number of phenols is 1. The van der Waals surface area contributed by atoms with E-state index >= 15 is 0 Å². The average molecular weight is 407 g/mol. The van der Waals surface area contributed by atoms with Crippen LogP contribution in [0, 0.1) is 0 Å². The first-order valence-corrected chi connectivity index (χ1v) is 10.8. The van der Waals surface area contributed by atoms with Gasteiger partial charge >= 0.3 is 0 Å². The van der Waals surface area contributed by atoms with E-state index in [0.717, 1.165) is 27.4 Å². The number of phenolic OH excluding ortho intramolecular Hbond substituents is 1. The third-order valence-corrected chi connectivity index (χ3v) is 6.09.